The fourth-order valence-electron chi connectivity index (χ4n) is 3.78. The van der Waals surface area contributed by atoms with E-state index in [9.17, 15) is 13.6 Å². The van der Waals surface area contributed by atoms with Crippen molar-refractivity contribution in [3.8, 4) is 17.2 Å². The molecule has 1 N–H and O–H groups in total. The number of carbonyl (C=O) groups excluding carboxylic acids is 1. The molecule has 1 unspecified atom stereocenters. The van der Waals surface area contributed by atoms with E-state index in [4.69, 9.17) is 14.2 Å². The Hall–Kier alpha value is -3.29. The van der Waals surface area contributed by atoms with E-state index >= 15 is 0 Å². The van der Waals surface area contributed by atoms with Gasteiger partial charge in [-0.3, -0.25) is 4.79 Å². The van der Waals surface area contributed by atoms with Crippen LogP contribution in [0.3, 0.4) is 0 Å². The molecule has 2 aromatic rings. The highest BCUT2D eigenvalue weighted by Crippen LogP contribution is 2.40. The molecule has 0 spiro atoms. The van der Waals surface area contributed by atoms with Crippen LogP contribution in [0.5, 0.6) is 17.2 Å². The molecule has 0 saturated carbocycles. The van der Waals surface area contributed by atoms with Gasteiger partial charge in [0.05, 0.1) is 7.11 Å². The van der Waals surface area contributed by atoms with Gasteiger partial charge in [0.25, 0.3) is 0 Å². The van der Waals surface area contributed by atoms with Crippen LogP contribution < -0.4 is 24.4 Å². The molecule has 0 aliphatic carbocycles. The first-order valence-corrected chi connectivity index (χ1v) is 10.2. The molecule has 8 heteroatoms. The molecule has 2 aromatic carbocycles. The zero-order valence-corrected chi connectivity index (χ0v) is 17.2. The van der Waals surface area contributed by atoms with Crippen molar-refractivity contribution in [1.29, 1.82) is 0 Å². The third-order valence-electron chi connectivity index (χ3n) is 5.40. The standard InChI is InChI=1S/C23H24F2N2O4/c1-29-20-10-15(11-21-23(20)31-9-8-30-21)2-5-22(28)26-13-16-6-7-27(14-16)17-3-4-18(24)19(25)12-17/h2-5,10-12,16H,6-9,13-14H2,1H3,(H,26,28)/b5-2+. The summed E-state index contributed by atoms with van der Waals surface area (Å²) in [5, 5.41) is 2.90. The average Bonchev–Trinajstić information content (AvgIpc) is 3.26. The lowest BCUT2D eigenvalue weighted by Crippen LogP contribution is -2.29. The molecule has 2 aliphatic heterocycles. The van der Waals surface area contributed by atoms with E-state index in [1.165, 1.54) is 12.1 Å². The molecule has 2 heterocycles. The second-order valence-corrected chi connectivity index (χ2v) is 7.52. The van der Waals surface area contributed by atoms with Gasteiger partial charge in [0.1, 0.15) is 13.2 Å². The highest BCUT2D eigenvalue weighted by molar-refractivity contribution is 5.91. The number of amides is 1. The van der Waals surface area contributed by atoms with Crippen LogP contribution in [0.15, 0.2) is 36.4 Å². The van der Waals surface area contributed by atoms with E-state index < -0.39 is 11.6 Å². The van der Waals surface area contributed by atoms with E-state index in [2.05, 4.69) is 5.32 Å². The number of anilines is 1. The van der Waals surface area contributed by atoms with Crippen molar-refractivity contribution >= 4 is 17.7 Å². The van der Waals surface area contributed by atoms with Crippen LogP contribution in [0.4, 0.5) is 14.5 Å². The molecular weight excluding hydrogens is 406 g/mol. The van der Waals surface area contributed by atoms with Gasteiger partial charge in [0.15, 0.2) is 23.1 Å². The molecule has 0 bridgehead atoms. The molecule has 2 aliphatic rings. The summed E-state index contributed by atoms with van der Waals surface area (Å²) in [7, 11) is 1.55. The minimum atomic E-state index is -0.853. The van der Waals surface area contributed by atoms with Gasteiger partial charge < -0.3 is 24.4 Å². The molecular formula is C23H24F2N2O4. The normalized spacial score (nSPS) is 17.8. The van der Waals surface area contributed by atoms with E-state index in [0.29, 0.717) is 49.2 Å². The molecule has 164 valence electrons. The highest BCUT2D eigenvalue weighted by Gasteiger charge is 2.23. The zero-order valence-electron chi connectivity index (χ0n) is 17.2. The Morgan fingerprint density at radius 3 is 2.87 bits per heavy atom. The van der Waals surface area contributed by atoms with Crippen molar-refractivity contribution in [2.75, 3.05) is 44.9 Å². The largest absolute Gasteiger partial charge is 0.493 e. The van der Waals surface area contributed by atoms with Crippen molar-refractivity contribution in [1.82, 2.24) is 5.32 Å². The van der Waals surface area contributed by atoms with Crippen molar-refractivity contribution in [3.05, 3.63) is 53.6 Å². The molecule has 31 heavy (non-hydrogen) atoms. The van der Waals surface area contributed by atoms with Gasteiger partial charge in [0.2, 0.25) is 11.7 Å². The van der Waals surface area contributed by atoms with E-state index in [1.807, 2.05) is 4.90 Å². The lowest BCUT2D eigenvalue weighted by Gasteiger charge is -2.21. The predicted octanol–water partition coefficient (Wildman–Crippen LogP) is 3.40. The van der Waals surface area contributed by atoms with E-state index in [-0.39, 0.29) is 11.8 Å². The van der Waals surface area contributed by atoms with Crippen molar-refractivity contribution in [2.24, 2.45) is 5.92 Å². The summed E-state index contributed by atoms with van der Waals surface area (Å²) in [4.78, 5) is 14.3. The lowest BCUT2D eigenvalue weighted by molar-refractivity contribution is -0.116. The van der Waals surface area contributed by atoms with Crippen molar-refractivity contribution in [3.63, 3.8) is 0 Å². The van der Waals surface area contributed by atoms with Gasteiger partial charge >= 0.3 is 0 Å². The number of nitrogens with zero attached hydrogens (tertiary/aromatic N) is 1. The Morgan fingerprint density at radius 2 is 2.06 bits per heavy atom. The fourth-order valence-corrected chi connectivity index (χ4v) is 3.78. The molecule has 1 fully saturated rings. The monoisotopic (exact) mass is 430 g/mol. The first-order chi connectivity index (χ1) is 15.0. The highest BCUT2D eigenvalue weighted by atomic mass is 19.2. The zero-order chi connectivity index (χ0) is 21.8. The maximum absolute atomic E-state index is 13.5. The summed E-state index contributed by atoms with van der Waals surface area (Å²) >= 11 is 0. The van der Waals surface area contributed by atoms with Crippen molar-refractivity contribution in [2.45, 2.75) is 6.42 Å². The molecule has 4 rings (SSSR count). The molecule has 0 aromatic heterocycles. The number of ether oxygens (including phenoxy) is 3. The summed E-state index contributed by atoms with van der Waals surface area (Å²) in [6.07, 6.45) is 4.02. The van der Waals surface area contributed by atoms with Crippen LogP contribution in [0.25, 0.3) is 6.08 Å². The van der Waals surface area contributed by atoms with E-state index in [0.717, 1.165) is 24.6 Å². The van der Waals surface area contributed by atoms with E-state index in [1.54, 1.807) is 31.4 Å². The smallest absolute Gasteiger partial charge is 0.244 e. The SMILES string of the molecule is COc1cc(/C=C/C(=O)NCC2CCN(c3ccc(F)c(F)c3)C2)cc2c1OCCO2. The molecule has 1 atom stereocenters. The molecule has 1 amide bonds. The summed E-state index contributed by atoms with van der Waals surface area (Å²) in [6.45, 7) is 2.85. The third kappa shape index (κ3) is 4.90. The maximum Gasteiger partial charge on any atom is 0.244 e. The Balaban J connectivity index is 1.30. The lowest BCUT2D eigenvalue weighted by atomic mass is 10.1. The summed E-state index contributed by atoms with van der Waals surface area (Å²) in [5.41, 5.74) is 1.42. The second kappa shape index (κ2) is 9.24. The number of halogens is 2. The van der Waals surface area contributed by atoms with Crippen LogP contribution in [-0.4, -0.2) is 45.9 Å². The third-order valence-corrected chi connectivity index (χ3v) is 5.40. The minimum Gasteiger partial charge on any atom is -0.493 e. The van der Waals surface area contributed by atoms with Crippen LogP contribution in [0.2, 0.25) is 0 Å². The first-order valence-electron chi connectivity index (χ1n) is 10.2. The Morgan fingerprint density at radius 1 is 1.23 bits per heavy atom. The summed E-state index contributed by atoms with van der Waals surface area (Å²) in [5.74, 6) is 0.0426. The molecule has 0 radical (unpaired) electrons. The first kappa shape index (κ1) is 21.0. The van der Waals surface area contributed by atoms with Gasteiger partial charge in [-0.2, -0.15) is 0 Å². The van der Waals surface area contributed by atoms with Crippen LogP contribution in [0, 0.1) is 17.6 Å². The van der Waals surface area contributed by atoms with Gasteiger partial charge in [-0.15, -0.1) is 0 Å². The minimum absolute atomic E-state index is 0.208. The number of benzene rings is 2. The van der Waals surface area contributed by atoms with Gasteiger partial charge in [-0.05, 0) is 48.2 Å². The van der Waals surface area contributed by atoms with Gasteiger partial charge in [0, 0.05) is 37.5 Å². The Bertz CT molecular complexity index is 979. The number of nitrogens with one attached hydrogen (secondary N) is 1. The summed E-state index contributed by atoms with van der Waals surface area (Å²) < 4.78 is 43.1. The number of fused-ring (bicyclic) bond motifs is 1. The Kier molecular flexibility index (Phi) is 6.25. The number of methoxy groups -OCH3 is 1. The topological polar surface area (TPSA) is 60.0 Å². The van der Waals surface area contributed by atoms with Gasteiger partial charge in [-0.25, -0.2) is 8.78 Å². The second-order valence-electron chi connectivity index (χ2n) is 7.52. The molecule has 1 saturated heterocycles. The van der Waals surface area contributed by atoms with Crippen LogP contribution >= 0.6 is 0 Å². The maximum atomic E-state index is 13.5. The number of rotatable bonds is 6. The Labute approximate surface area is 179 Å². The fraction of sp³-hybridized carbons (Fsp3) is 0.348. The van der Waals surface area contributed by atoms with Crippen LogP contribution in [0.1, 0.15) is 12.0 Å². The summed E-state index contributed by atoms with van der Waals surface area (Å²) in [6, 6.07) is 7.51. The quantitative estimate of drug-likeness (QED) is 0.712. The number of hydrogen-bond acceptors (Lipinski definition) is 5. The van der Waals surface area contributed by atoms with Crippen molar-refractivity contribution < 1.29 is 27.8 Å². The van der Waals surface area contributed by atoms with Crippen LogP contribution in [-0.2, 0) is 4.79 Å². The number of hydrogen-bond donors (Lipinski definition) is 1. The number of carbonyl (C=O) groups is 1. The molecule has 6 nitrogen and oxygen atoms in total. The average molecular weight is 430 g/mol. The predicted molar refractivity (Wildman–Crippen MR) is 113 cm³/mol. The van der Waals surface area contributed by atoms with Gasteiger partial charge in [-0.1, -0.05) is 0 Å².